The highest BCUT2D eigenvalue weighted by atomic mass is 79.9. The summed E-state index contributed by atoms with van der Waals surface area (Å²) in [6, 6.07) is 6.92. The Morgan fingerprint density at radius 2 is 2.36 bits per heavy atom. The number of fused-ring (bicyclic) bond motifs is 1. The molecule has 1 aromatic rings. The van der Waals surface area contributed by atoms with Gasteiger partial charge in [-0.2, -0.15) is 0 Å². The van der Waals surface area contributed by atoms with Gasteiger partial charge in [0.15, 0.2) is 0 Å². The number of anilines is 1. The molecule has 1 nitrogen and oxygen atoms in total. The lowest BCUT2D eigenvalue weighted by molar-refractivity contribution is 0.839. The molecule has 1 aliphatic heterocycles. The third-order valence-corrected chi connectivity index (χ3v) is 2.68. The lowest BCUT2D eigenvalue weighted by Crippen LogP contribution is -2.08. The predicted molar refractivity (Wildman–Crippen MR) is 50.9 cm³/mol. The summed E-state index contributed by atoms with van der Waals surface area (Å²) in [6.45, 7) is 2.20. The van der Waals surface area contributed by atoms with Crippen molar-refractivity contribution in [3.05, 3.63) is 28.2 Å². The molecular weight excluding hydrogens is 202 g/mol. The minimum Gasteiger partial charge on any atom is -0.381 e. The van der Waals surface area contributed by atoms with Crippen LogP contribution < -0.4 is 5.32 Å². The number of benzene rings is 1. The van der Waals surface area contributed by atoms with Crippen molar-refractivity contribution in [3.63, 3.8) is 0 Å². The zero-order valence-corrected chi connectivity index (χ0v) is 7.98. The summed E-state index contributed by atoms with van der Waals surface area (Å²) in [5, 5.41) is 3.42. The fraction of sp³-hybridized carbons (Fsp3) is 0.333. The maximum atomic E-state index is 3.51. The average Bonchev–Trinajstić information content (AvgIpc) is 2.31. The van der Waals surface area contributed by atoms with Crippen LogP contribution in [0.25, 0.3) is 0 Å². The van der Waals surface area contributed by atoms with Crippen molar-refractivity contribution in [3.8, 4) is 0 Å². The number of halogens is 1. The minimum atomic E-state index is 0.587. The van der Waals surface area contributed by atoms with Gasteiger partial charge in [-0.15, -0.1) is 0 Å². The number of nitrogens with one attached hydrogen (secondary N) is 1. The van der Waals surface area contributed by atoms with Crippen LogP contribution in [0.15, 0.2) is 22.7 Å². The SMILES string of the molecule is C[C@@H]1Cc2cccc(Br)c2N1. The van der Waals surface area contributed by atoms with Gasteiger partial charge in [0.05, 0.1) is 5.69 Å². The molecule has 2 heteroatoms. The van der Waals surface area contributed by atoms with E-state index in [0.717, 1.165) is 6.42 Å². The molecular formula is C9H10BrN. The first-order chi connectivity index (χ1) is 5.27. The molecule has 2 rings (SSSR count). The molecule has 1 heterocycles. The Hall–Kier alpha value is -0.500. The first-order valence-corrected chi connectivity index (χ1v) is 4.60. The Bertz CT molecular complexity index is 283. The lowest BCUT2D eigenvalue weighted by Gasteiger charge is -2.03. The van der Waals surface area contributed by atoms with Gasteiger partial charge in [0, 0.05) is 10.5 Å². The molecule has 1 aromatic carbocycles. The molecule has 58 valence electrons. The van der Waals surface area contributed by atoms with Gasteiger partial charge >= 0.3 is 0 Å². The largest absolute Gasteiger partial charge is 0.381 e. The highest BCUT2D eigenvalue weighted by Crippen LogP contribution is 2.32. The number of hydrogen-bond donors (Lipinski definition) is 1. The van der Waals surface area contributed by atoms with E-state index in [-0.39, 0.29) is 0 Å². The van der Waals surface area contributed by atoms with Crippen molar-refractivity contribution in [2.75, 3.05) is 5.32 Å². The van der Waals surface area contributed by atoms with E-state index in [2.05, 4.69) is 46.4 Å². The molecule has 0 saturated carbocycles. The Labute approximate surface area is 74.9 Å². The van der Waals surface area contributed by atoms with E-state index in [0.29, 0.717) is 6.04 Å². The van der Waals surface area contributed by atoms with Crippen molar-refractivity contribution < 1.29 is 0 Å². The van der Waals surface area contributed by atoms with Gasteiger partial charge in [0.2, 0.25) is 0 Å². The second kappa shape index (κ2) is 2.52. The Morgan fingerprint density at radius 1 is 1.55 bits per heavy atom. The fourth-order valence-electron chi connectivity index (χ4n) is 1.53. The molecule has 0 bridgehead atoms. The summed E-state index contributed by atoms with van der Waals surface area (Å²) < 4.78 is 1.18. The van der Waals surface area contributed by atoms with E-state index >= 15 is 0 Å². The number of rotatable bonds is 0. The van der Waals surface area contributed by atoms with Gasteiger partial charge in [-0.3, -0.25) is 0 Å². The van der Waals surface area contributed by atoms with Crippen LogP contribution in [0.2, 0.25) is 0 Å². The van der Waals surface area contributed by atoms with Crippen molar-refractivity contribution in [1.82, 2.24) is 0 Å². The van der Waals surface area contributed by atoms with Crippen LogP contribution in [0.1, 0.15) is 12.5 Å². The van der Waals surface area contributed by atoms with Crippen LogP contribution in [0, 0.1) is 0 Å². The van der Waals surface area contributed by atoms with E-state index in [1.807, 2.05) is 0 Å². The summed E-state index contributed by atoms with van der Waals surface area (Å²) in [5.41, 5.74) is 2.70. The van der Waals surface area contributed by atoms with Crippen LogP contribution in [0.3, 0.4) is 0 Å². The monoisotopic (exact) mass is 211 g/mol. The summed E-state index contributed by atoms with van der Waals surface area (Å²) in [7, 11) is 0. The van der Waals surface area contributed by atoms with Crippen LogP contribution in [-0.4, -0.2) is 6.04 Å². The normalized spacial score (nSPS) is 21.1. The highest BCUT2D eigenvalue weighted by Gasteiger charge is 2.17. The van der Waals surface area contributed by atoms with Crippen molar-refractivity contribution >= 4 is 21.6 Å². The van der Waals surface area contributed by atoms with Gasteiger partial charge in [0.1, 0.15) is 0 Å². The van der Waals surface area contributed by atoms with Gasteiger partial charge in [0.25, 0.3) is 0 Å². The molecule has 0 spiro atoms. The molecule has 0 aliphatic carbocycles. The molecule has 1 N–H and O–H groups in total. The molecule has 0 aromatic heterocycles. The molecule has 1 atom stereocenters. The van der Waals surface area contributed by atoms with E-state index in [1.165, 1.54) is 15.7 Å². The zero-order valence-electron chi connectivity index (χ0n) is 6.39. The Balaban J connectivity index is 2.49. The van der Waals surface area contributed by atoms with E-state index in [1.54, 1.807) is 0 Å². The van der Waals surface area contributed by atoms with Crippen LogP contribution in [0.5, 0.6) is 0 Å². The van der Waals surface area contributed by atoms with Crippen LogP contribution in [0.4, 0.5) is 5.69 Å². The van der Waals surface area contributed by atoms with E-state index < -0.39 is 0 Å². The molecule has 1 aliphatic rings. The zero-order chi connectivity index (χ0) is 7.84. The van der Waals surface area contributed by atoms with Crippen molar-refractivity contribution in [2.24, 2.45) is 0 Å². The smallest absolute Gasteiger partial charge is 0.0520 e. The minimum absolute atomic E-state index is 0.587. The maximum Gasteiger partial charge on any atom is 0.0520 e. The topological polar surface area (TPSA) is 12.0 Å². The van der Waals surface area contributed by atoms with E-state index in [4.69, 9.17) is 0 Å². The third kappa shape index (κ3) is 1.16. The van der Waals surface area contributed by atoms with E-state index in [9.17, 15) is 0 Å². The predicted octanol–water partition coefficient (Wildman–Crippen LogP) is 2.81. The number of hydrogen-bond acceptors (Lipinski definition) is 1. The molecule has 11 heavy (non-hydrogen) atoms. The molecule has 0 fully saturated rings. The summed E-state index contributed by atoms with van der Waals surface area (Å²) in [5.74, 6) is 0. The number of para-hydroxylation sites is 1. The summed E-state index contributed by atoms with van der Waals surface area (Å²) in [6.07, 6.45) is 1.15. The summed E-state index contributed by atoms with van der Waals surface area (Å²) >= 11 is 3.51. The molecule has 0 radical (unpaired) electrons. The Morgan fingerprint density at radius 3 is 3.09 bits per heavy atom. The summed E-state index contributed by atoms with van der Waals surface area (Å²) in [4.78, 5) is 0. The average molecular weight is 212 g/mol. The second-order valence-corrected chi connectivity index (χ2v) is 3.88. The quantitative estimate of drug-likeness (QED) is 0.697. The lowest BCUT2D eigenvalue weighted by atomic mass is 10.1. The van der Waals surface area contributed by atoms with Gasteiger partial charge in [-0.05, 0) is 40.9 Å². The van der Waals surface area contributed by atoms with Crippen molar-refractivity contribution in [2.45, 2.75) is 19.4 Å². The highest BCUT2D eigenvalue weighted by molar-refractivity contribution is 9.10. The molecule has 0 unspecified atom stereocenters. The van der Waals surface area contributed by atoms with Gasteiger partial charge < -0.3 is 5.32 Å². The Kier molecular flexibility index (Phi) is 1.64. The van der Waals surface area contributed by atoms with Gasteiger partial charge in [-0.1, -0.05) is 12.1 Å². The van der Waals surface area contributed by atoms with Crippen LogP contribution in [-0.2, 0) is 6.42 Å². The fourth-order valence-corrected chi connectivity index (χ4v) is 2.05. The maximum absolute atomic E-state index is 3.51. The first-order valence-electron chi connectivity index (χ1n) is 3.81. The van der Waals surface area contributed by atoms with Crippen molar-refractivity contribution in [1.29, 1.82) is 0 Å². The van der Waals surface area contributed by atoms with Crippen LogP contribution >= 0.6 is 15.9 Å². The second-order valence-electron chi connectivity index (χ2n) is 3.02. The molecule has 0 saturated heterocycles. The molecule has 0 amide bonds. The van der Waals surface area contributed by atoms with Gasteiger partial charge in [-0.25, -0.2) is 0 Å². The first kappa shape index (κ1) is 7.17. The standard InChI is InChI=1S/C9H10BrN/c1-6-5-7-3-2-4-8(10)9(7)11-6/h2-4,6,11H,5H2,1H3/t6-/m1/s1. The third-order valence-electron chi connectivity index (χ3n) is 2.02.